The average molecular weight is 405 g/mol. The number of H-pyrrole nitrogens is 1. The van der Waals surface area contributed by atoms with Crippen molar-refractivity contribution in [2.45, 2.75) is 19.8 Å². The molecule has 7 nitrogen and oxygen atoms in total. The Morgan fingerprint density at radius 1 is 1.30 bits per heavy atom. The second-order valence-corrected chi connectivity index (χ2v) is 6.41. The Hall–Kier alpha value is -3.99. The first kappa shape index (κ1) is 20.7. The number of aromatic amines is 1. The molecule has 0 spiro atoms. The maximum absolute atomic E-state index is 13.8. The monoisotopic (exact) mass is 405 g/mol. The third kappa shape index (κ3) is 5.29. The quantitative estimate of drug-likeness (QED) is 0.334. The predicted molar refractivity (Wildman–Crippen MR) is 113 cm³/mol. The summed E-state index contributed by atoms with van der Waals surface area (Å²) in [5, 5.41) is 13.3. The van der Waals surface area contributed by atoms with Gasteiger partial charge >= 0.3 is 0 Å². The number of hydrazone groups is 1. The molecule has 0 fully saturated rings. The summed E-state index contributed by atoms with van der Waals surface area (Å²) in [5.74, 6) is 0.0350. The highest BCUT2D eigenvalue weighted by Gasteiger charge is 2.12. The van der Waals surface area contributed by atoms with E-state index in [2.05, 4.69) is 20.5 Å². The minimum atomic E-state index is -0.582. The maximum Gasteiger partial charge on any atom is 0.270 e. The maximum atomic E-state index is 13.8. The zero-order valence-electron chi connectivity index (χ0n) is 16.4. The van der Waals surface area contributed by atoms with Gasteiger partial charge in [0.2, 0.25) is 5.95 Å². The first-order valence-corrected chi connectivity index (χ1v) is 9.43. The van der Waals surface area contributed by atoms with Crippen molar-refractivity contribution in [1.29, 1.82) is 5.26 Å². The van der Waals surface area contributed by atoms with E-state index in [0.717, 1.165) is 12.8 Å². The highest BCUT2D eigenvalue weighted by atomic mass is 19.1. The van der Waals surface area contributed by atoms with Crippen molar-refractivity contribution >= 4 is 12.2 Å². The molecule has 2 N–H and O–H groups in total. The lowest BCUT2D eigenvalue weighted by molar-refractivity contribution is 0.308. The van der Waals surface area contributed by atoms with Gasteiger partial charge in [-0.15, -0.1) is 0 Å². The Bertz CT molecular complexity index is 1140. The first-order valence-electron chi connectivity index (χ1n) is 9.43. The van der Waals surface area contributed by atoms with E-state index >= 15 is 0 Å². The van der Waals surface area contributed by atoms with Gasteiger partial charge in [-0.3, -0.25) is 9.78 Å². The normalized spacial score (nSPS) is 10.7. The molecule has 0 radical (unpaired) electrons. The number of hydrogen-bond donors (Lipinski definition) is 2. The molecule has 8 heteroatoms. The molecule has 1 aromatic heterocycles. The van der Waals surface area contributed by atoms with Gasteiger partial charge in [-0.05, 0) is 18.6 Å². The Balaban J connectivity index is 1.81. The van der Waals surface area contributed by atoms with E-state index in [-0.39, 0.29) is 17.2 Å². The van der Waals surface area contributed by atoms with Crippen LogP contribution in [0.3, 0.4) is 0 Å². The van der Waals surface area contributed by atoms with Gasteiger partial charge in [-0.1, -0.05) is 43.7 Å². The van der Waals surface area contributed by atoms with Gasteiger partial charge in [0.1, 0.15) is 23.2 Å². The molecular formula is C22H20FN5O2. The molecule has 3 rings (SSSR count). The number of hydrogen-bond acceptors (Lipinski definition) is 6. The lowest BCUT2D eigenvalue weighted by Crippen LogP contribution is -2.16. The molecule has 0 aliphatic heterocycles. The number of unbranched alkanes of at least 4 members (excludes halogenated alkanes) is 1. The Labute approximate surface area is 172 Å². The lowest BCUT2D eigenvalue weighted by Gasteiger charge is -2.07. The van der Waals surface area contributed by atoms with Crippen LogP contribution in [0.2, 0.25) is 0 Å². The fourth-order valence-electron chi connectivity index (χ4n) is 2.68. The molecule has 0 atom stereocenters. The van der Waals surface area contributed by atoms with E-state index in [4.69, 9.17) is 4.74 Å². The van der Waals surface area contributed by atoms with E-state index in [1.165, 1.54) is 18.3 Å². The molecule has 1 heterocycles. The van der Waals surface area contributed by atoms with Gasteiger partial charge in [0, 0.05) is 17.2 Å². The summed E-state index contributed by atoms with van der Waals surface area (Å²) < 4.78 is 19.3. The van der Waals surface area contributed by atoms with E-state index in [0.29, 0.717) is 23.5 Å². The topological polar surface area (TPSA) is 103 Å². The van der Waals surface area contributed by atoms with Crippen molar-refractivity contribution in [3.63, 3.8) is 0 Å². The second-order valence-electron chi connectivity index (χ2n) is 6.41. The first-order chi connectivity index (χ1) is 14.6. The predicted octanol–water partition coefficient (Wildman–Crippen LogP) is 4.07. The van der Waals surface area contributed by atoms with Gasteiger partial charge in [0.05, 0.1) is 18.5 Å². The number of aromatic nitrogens is 2. The number of nitriles is 1. The zero-order chi connectivity index (χ0) is 21.3. The molecule has 2 aromatic carbocycles. The van der Waals surface area contributed by atoms with Crippen molar-refractivity contribution < 1.29 is 9.13 Å². The second kappa shape index (κ2) is 9.98. The van der Waals surface area contributed by atoms with Crippen LogP contribution in [0.4, 0.5) is 10.3 Å². The van der Waals surface area contributed by atoms with E-state index < -0.39 is 11.4 Å². The molecule has 0 saturated carbocycles. The van der Waals surface area contributed by atoms with Crippen LogP contribution in [0.1, 0.15) is 30.9 Å². The summed E-state index contributed by atoms with van der Waals surface area (Å²) in [6.45, 7) is 2.55. The van der Waals surface area contributed by atoms with Crippen LogP contribution in [0, 0.1) is 17.1 Å². The lowest BCUT2D eigenvalue weighted by atomic mass is 10.1. The van der Waals surface area contributed by atoms with Crippen LogP contribution < -0.4 is 15.7 Å². The number of benzene rings is 2. The number of anilines is 1. The van der Waals surface area contributed by atoms with Gasteiger partial charge in [0.25, 0.3) is 5.56 Å². The third-order valence-electron chi connectivity index (χ3n) is 4.12. The molecule has 0 saturated heterocycles. The van der Waals surface area contributed by atoms with Gasteiger partial charge in [-0.25, -0.2) is 14.8 Å². The minimum absolute atomic E-state index is 0.0601. The van der Waals surface area contributed by atoms with Crippen LogP contribution in [0.5, 0.6) is 5.75 Å². The van der Waals surface area contributed by atoms with Crippen LogP contribution >= 0.6 is 0 Å². The van der Waals surface area contributed by atoms with Crippen LogP contribution in [0.15, 0.2) is 58.4 Å². The van der Waals surface area contributed by atoms with E-state index in [1.54, 1.807) is 30.3 Å². The van der Waals surface area contributed by atoms with Crippen LogP contribution in [-0.2, 0) is 0 Å². The molecule has 0 aliphatic rings. The fraction of sp³-hybridized carbons (Fsp3) is 0.182. The summed E-state index contributed by atoms with van der Waals surface area (Å²) in [5.41, 5.74) is 3.30. The minimum Gasteiger partial charge on any atom is -0.493 e. The fourth-order valence-corrected chi connectivity index (χ4v) is 2.68. The molecule has 152 valence electrons. The Morgan fingerprint density at radius 2 is 2.10 bits per heavy atom. The number of rotatable bonds is 8. The van der Waals surface area contributed by atoms with Gasteiger partial charge in [-0.2, -0.15) is 10.4 Å². The number of nitrogens with one attached hydrogen (secondary N) is 2. The molecule has 30 heavy (non-hydrogen) atoms. The molecule has 3 aromatic rings. The standard InChI is InChI=1S/C22H20FN5O2/c1-2-3-9-30-18-11-15(10-17(23)12-18)14-25-28-22-26-20(16-7-5-4-6-8-16)19(13-24)21(29)27-22/h4-8,10-12,14H,2-3,9H2,1H3,(H2,26,27,28,29). The van der Waals surface area contributed by atoms with Crippen molar-refractivity contribution in [3.8, 4) is 23.1 Å². The number of ether oxygens (including phenoxy) is 1. The smallest absolute Gasteiger partial charge is 0.270 e. The van der Waals surface area contributed by atoms with Crippen LogP contribution in [-0.4, -0.2) is 22.8 Å². The Morgan fingerprint density at radius 3 is 2.83 bits per heavy atom. The van der Waals surface area contributed by atoms with Crippen molar-refractivity contribution in [3.05, 3.63) is 75.8 Å². The van der Waals surface area contributed by atoms with Crippen LogP contribution in [0.25, 0.3) is 11.3 Å². The van der Waals surface area contributed by atoms with E-state index in [9.17, 15) is 14.4 Å². The zero-order valence-corrected chi connectivity index (χ0v) is 16.4. The van der Waals surface area contributed by atoms with Crippen molar-refractivity contribution in [2.24, 2.45) is 5.10 Å². The SMILES string of the molecule is CCCCOc1cc(F)cc(C=NNc2nc(-c3ccccc3)c(C#N)c(=O)[nH]2)c1. The summed E-state index contributed by atoms with van der Waals surface area (Å²) >= 11 is 0. The van der Waals surface area contributed by atoms with Gasteiger partial charge in [0.15, 0.2) is 0 Å². The summed E-state index contributed by atoms with van der Waals surface area (Å²) in [7, 11) is 0. The summed E-state index contributed by atoms with van der Waals surface area (Å²) in [6, 6.07) is 15.1. The van der Waals surface area contributed by atoms with E-state index in [1.807, 2.05) is 19.1 Å². The molecule has 0 aliphatic carbocycles. The molecule has 0 unspecified atom stereocenters. The molecule has 0 amide bonds. The Kier molecular flexibility index (Phi) is 6.90. The summed E-state index contributed by atoms with van der Waals surface area (Å²) in [6.07, 6.45) is 3.24. The largest absolute Gasteiger partial charge is 0.493 e. The molecular weight excluding hydrogens is 385 g/mol. The van der Waals surface area contributed by atoms with Crippen molar-refractivity contribution in [2.75, 3.05) is 12.0 Å². The molecule has 0 bridgehead atoms. The third-order valence-corrected chi connectivity index (χ3v) is 4.12. The average Bonchev–Trinajstić information content (AvgIpc) is 2.74. The highest BCUT2D eigenvalue weighted by molar-refractivity contribution is 5.80. The number of nitrogens with zero attached hydrogens (tertiary/aromatic N) is 3. The summed E-state index contributed by atoms with van der Waals surface area (Å²) in [4.78, 5) is 19.0. The van der Waals surface area contributed by atoms with Crippen molar-refractivity contribution in [1.82, 2.24) is 9.97 Å². The highest BCUT2D eigenvalue weighted by Crippen LogP contribution is 2.19. The van der Waals surface area contributed by atoms with Gasteiger partial charge < -0.3 is 4.74 Å². The number of halogens is 1.